The number of aromatic nitrogens is 3. The maximum absolute atomic E-state index is 5.81. The minimum Gasteiger partial charge on any atom is -0.467 e. The molecule has 0 saturated heterocycles. The molecule has 1 aromatic heterocycles. The third kappa shape index (κ3) is 2.95. The van der Waals surface area contributed by atoms with E-state index in [1.807, 2.05) is 54.6 Å². The third-order valence-corrected chi connectivity index (χ3v) is 2.64. The van der Waals surface area contributed by atoms with Crippen LogP contribution in [0.3, 0.4) is 0 Å². The van der Waals surface area contributed by atoms with Crippen molar-refractivity contribution in [3.8, 4) is 17.2 Å². The Bertz CT molecular complexity index is 654. The molecule has 0 aliphatic carbocycles. The summed E-state index contributed by atoms with van der Waals surface area (Å²) in [4.78, 5) is 0. The molecule has 0 amide bonds. The quantitative estimate of drug-likeness (QED) is 0.712. The lowest BCUT2D eigenvalue weighted by molar-refractivity contribution is 0.211. The Morgan fingerprint density at radius 2 is 1.65 bits per heavy atom. The molecular weight excluding hydrogens is 254 g/mol. The first-order valence-electron chi connectivity index (χ1n) is 6.21. The molecule has 5 nitrogen and oxygen atoms in total. The van der Waals surface area contributed by atoms with E-state index >= 15 is 0 Å². The van der Waals surface area contributed by atoms with Gasteiger partial charge < -0.3 is 9.47 Å². The lowest BCUT2D eigenvalue weighted by atomic mass is 10.3. The van der Waals surface area contributed by atoms with E-state index in [4.69, 9.17) is 9.47 Å². The molecule has 3 rings (SSSR count). The highest BCUT2D eigenvalue weighted by molar-refractivity contribution is 5.42. The Hall–Kier alpha value is -2.82. The van der Waals surface area contributed by atoms with Crippen LogP contribution in [0.5, 0.6) is 17.2 Å². The van der Waals surface area contributed by atoms with Crippen LogP contribution in [0, 0.1) is 0 Å². The van der Waals surface area contributed by atoms with Gasteiger partial charge in [0.2, 0.25) is 0 Å². The third-order valence-electron chi connectivity index (χ3n) is 2.64. The van der Waals surface area contributed by atoms with Crippen LogP contribution in [0.1, 0.15) is 0 Å². The number of hydrogen-bond donors (Lipinski definition) is 0. The van der Waals surface area contributed by atoms with E-state index in [1.165, 1.54) is 0 Å². The zero-order chi connectivity index (χ0) is 13.6. The van der Waals surface area contributed by atoms with Gasteiger partial charge in [-0.3, -0.25) is 0 Å². The summed E-state index contributed by atoms with van der Waals surface area (Å²) in [7, 11) is 0. The second kappa shape index (κ2) is 5.88. The zero-order valence-electron chi connectivity index (χ0n) is 10.7. The van der Waals surface area contributed by atoms with Crippen molar-refractivity contribution in [2.24, 2.45) is 0 Å². The van der Waals surface area contributed by atoms with E-state index in [2.05, 4.69) is 10.3 Å². The zero-order valence-corrected chi connectivity index (χ0v) is 10.7. The Labute approximate surface area is 116 Å². The second-order valence-corrected chi connectivity index (χ2v) is 4.08. The summed E-state index contributed by atoms with van der Waals surface area (Å²) in [6.07, 6.45) is 3.34. The van der Waals surface area contributed by atoms with Crippen molar-refractivity contribution >= 4 is 0 Å². The molecule has 0 saturated carbocycles. The fraction of sp³-hybridized carbons (Fsp3) is 0.0667. The highest BCUT2D eigenvalue weighted by atomic mass is 16.5. The Morgan fingerprint density at radius 3 is 2.40 bits per heavy atom. The maximum atomic E-state index is 5.81. The predicted molar refractivity (Wildman–Crippen MR) is 73.6 cm³/mol. The number of benzene rings is 2. The van der Waals surface area contributed by atoms with Crippen molar-refractivity contribution in [3.63, 3.8) is 0 Å². The molecule has 0 N–H and O–H groups in total. The molecule has 5 heteroatoms. The van der Waals surface area contributed by atoms with E-state index < -0.39 is 0 Å². The smallest absolute Gasteiger partial charge is 0.182 e. The van der Waals surface area contributed by atoms with E-state index in [0.717, 1.165) is 5.75 Å². The van der Waals surface area contributed by atoms with Gasteiger partial charge in [0.1, 0.15) is 5.75 Å². The van der Waals surface area contributed by atoms with E-state index in [1.54, 1.807) is 17.1 Å². The Balaban J connectivity index is 1.74. The van der Waals surface area contributed by atoms with E-state index in [9.17, 15) is 0 Å². The van der Waals surface area contributed by atoms with Gasteiger partial charge in [0, 0.05) is 6.20 Å². The summed E-state index contributed by atoms with van der Waals surface area (Å²) in [5, 5.41) is 7.57. The van der Waals surface area contributed by atoms with Crippen LogP contribution in [0.25, 0.3) is 0 Å². The van der Waals surface area contributed by atoms with Gasteiger partial charge >= 0.3 is 0 Å². The highest BCUT2D eigenvalue weighted by Gasteiger charge is 2.05. The van der Waals surface area contributed by atoms with Gasteiger partial charge in [-0.05, 0) is 24.3 Å². The lowest BCUT2D eigenvalue weighted by Gasteiger charge is -2.12. The second-order valence-electron chi connectivity index (χ2n) is 4.08. The average Bonchev–Trinajstić information content (AvgIpc) is 3.01. The first kappa shape index (κ1) is 12.2. The standard InChI is InChI=1S/C15H13N3O2/c1-2-6-13(7-3-1)20-15-9-5-4-8-14(15)19-12-18-11-10-16-17-18/h1-11H,12H2. The Morgan fingerprint density at radius 1 is 0.900 bits per heavy atom. The van der Waals surface area contributed by atoms with Gasteiger partial charge in [-0.25, -0.2) is 4.68 Å². The minimum atomic E-state index is 0.287. The SMILES string of the molecule is c1ccc(Oc2ccccc2OCn2ccnn2)cc1. The largest absolute Gasteiger partial charge is 0.467 e. The number of nitrogens with zero attached hydrogens (tertiary/aromatic N) is 3. The van der Waals surface area contributed by atoms with Crippen LogP contribution in [-0.4, -0.2) is 15.0 Å². The van der Waals surface area contributed by atoms with Crippen LogP contribution < -0.4 is 9.47 Å². The normalized spacial score (nSPS) is 10.2. The van der Waals surface area contributed by atoms with Crippen LogP contribution in [0.2, 0.25) is 0 Å². The minimum absolute atomic E-state index is 0.287. The van der Waals surface area contributed by atoms with Gasteiger partial charge in [-0.15, -0.1) is 5.10 Å². The molecule has 3 aromatic rings. The molecule has 20 heavy (non-hydrogen) atoms. The Kier molecular flexibility index (Phi) is 3.59. The van der Waals surface area contributed by atoms with E-state index in [0.29, 0.717) is 11.5 Å². The fourth-order valence-corrected chi connectivity index (χ4v) is 1.71. The molecular formula is C15H13N3O2. The maximum Gasteiger partial charge on any atom is 0.182 e. The summed E-state index contributed by atoms with van der Waals surface area (Å²) < 4.78 is 13.1. The topological polar surface area (TPSA) is 49.2 Å². The highest BCUT2D eigenvalue weighted by Crippen LogP contribution is 2.31. The molecule has 0 bridgehead atoms. The van der Waals surface area contributed by atoms with Gasteiger partial charge in [0.15, 0.2) is 18.2 Å². The number of ether oxygens (including phenoxy) is 2. The van der Waals surface area contributed by atoms with Crippen molar-refractivity contribution in [2.75, 3.05) is 0 Å². The number of para-hydroxylation sites is 3. The van der Waals surface area contributed by atoms with Crippen molar-refractivity contribution in [1.82, 2.24) is 15.0 Å². The van der Waals surface area contributed by atoms with Gasteiger partial charge in [0.25, 0.3) is 0 Å². The molecule has 0 atom stereocenters. The molecule has 0 unspecified atom stereocenters. The molecule has 100 valence electrons. The van der Waals surface area contributed by atoms with Crippen LogP contribution >= 0.6 is 0 Å². The molecule has 0 aliphatic rings. The molecule has 2 aromatic carbocycles. The van der Waals surface area contributed by atoms with Crippen molar-refractivity contribution in [1.29, 1.82) is 0 Å². The molecule has 0 spiro atoms. The average molecular weight is 267 g/mol. The lowest BCUT2D eigenvalue weighted by Crippen LogP contribution is -2.06. The van der Waals surface area contributed by atoms with Crippen LogP contribution in [0.4, 0.5) is 0 Å². The molecule has 0 fully saturated rings. The van der Waals surface area contributed by atoms with Crippen LogP contribution in [-0.2, 0) is 6.73 Å². The molecule has 1 heterocycles. The van der Waals surface area contributed by atoms with E-state index in [-0.39, 0.29) is 6.73 Å². The summed E-state index contributed by atoms with van der Waals surface area (Å²) in [5.41, 5.74) is 0. The van der Waals surface area contributed by atoms with Gasteiger partial charge in [-0.2, -0.15) is 0 Å². The summed E-state index contributed by atoms with van der Waals surface area (Å²) in [6.45, 7) is 0.287. The number of rotatable bonds is 5. The van der Waals surface area contributed by atoms with Crippen molar-refractivity contribution in [3.05, 3.63) is 67.0 Å². The molecule has 0 aliphatic heterocycles. The first-order chi connectivity index (χ1) is 9.92. The molecule has 0 radical (unpaired) electrons. The summed E-state index contributed by atoms with van der Waals surface area (Å²) in [6, 6.07) is 17.1. The summed E-state index contributed by atoms with van der Waals surface area (Å²) in [5.74, 6) is 2.09. The van der Waals surface area contributed by atoms with Crippen LogP contribution in [0.15, 0.2) is 67.0 Å². The van der Waals surface area contributed by atoms with Crippen molar-refractivity contribution in [2.45, 2.75) is 6.73 Å². The van der Waals surface area contributed by atoms with Gasteiger partial charge in [-0.1, -0.05) is 35.5 Å². The number of hydrogen-bond acceptors (Lipinski definition) is 4. The summed E-state index contributed by atoms with van der Waals surface area (Å²) >= 11 is 0. The predicted octanol–water partition coefficient (Wildman–Crippen LogP) is 3.11. The van der Waals surface area contributed by atoms with Crippen molar-refractivity contribution < 1.29 is 9.47 Å². The first-order valence-corrected chi connectivity index (χ1v) is 6.21. The van der Waals surface area contributed by atoms with Gasteiger partial charge in [0.05, 0.1) is 6.20 Å². The fourth-order valence-electron chi connectivity index (χ4n) is 1.71. The monoisotopic (exact) mass is 267 g/mol.